The van der Waals surface area contributed by atoms with E-state index in [9.17, 15) is 0 Å². The summed E-state index contributed by atoms with van der Waals surface area (Å²) in [4.78, 5) is 6.94. The molecule has 1 N–H and O–H groups in total. The molecule has 1 aliphatic heterocycles. The van der Waals surface area contributed by atoms with Crippen molar-refractivity contribution in [1.82, 2.24) is 14.7 Å². The molecule has 154 valence electrons. The Balaban J connectivity index is 1.77. The number of nitrogens with one attached hydrogen (secondary N) is 1. The molecule has 0 spiro atoms. The van der Waals surface area contributed by atoms with Gasteiger partial charge < -0.3 is 19.7 Å². The Morgan fingerprint density at radius 1 is 1.17 bits per heavy atom. The molecule has 1 aliphatic rings. The van der Waals surface area contributed by atoms with Crippen LogP contribution in [-0.4, -0.2) is 55.9 Å². The molecule has 0 atom stereocenters. The molecular formula is C21H24Cl2N4O2. The Bertz CT molecular complexity index is 986. The molecule has 6 nitrogen and oxygen atoms in total. The number of pyridine rings is 1. The third-order valence-electron chi connectivity index (χ3n) is 5.07. The molecule has 1 fully saturated rings. The lowest BCUT2D eigenvalue weighted by atomic mass is 10.0. The van der Waals surface area contributed by atoms with Gasteiger partial charge in [0.25, 0.3) is 0 Å². The summed E-state index contributed by atoms with van der Waals surface area (Å²) < 4.78 is 12.8. The number of nitrogens with zero attached hydrogens (tertiary/aromatic N) is 3. The Morgan fingerprint density at radius 2 is 2.00 bits per heavy atom. The van der Waals surface area contributed by atoms with Gasteiger partial charge in [0, 0.05) is 60.7 Å². The fourth-order valence-electron chi connectivity index (χ4n) is 3.57. The number of anilines is 1. The summed E-state index contributed by atoms with van der Waals surface area (Å²) in [6, 6.07) is 7.73. The highest BCUT2D eigenvalue weighted by molar-refractivity contribution is 6.36. The molecule has 0 unspecified atom stereocenters. The summed E-state index contributed by atoms with van der Waals surface area (Å²) in [5.41, 5.74) is 4.03. The van der Waals surface area contributed by atoms with Gasteiger partial charge in [-0.25, -0.2) is 4.98 Å². The van der Waals surface area contributed by atoms with Gasteiger partial charge in [-0.2, -0.15) is 0 Å². The second-order valence-electron chi connectivity index (χ2n) is 6.95. The van der Waals surface area contributed by atoms with Crippen molar-refractivity contribution >= 4 is 34.7 Å². The van der Waals surface area contributed by atoms with Gasteiger partial charge in [-0.3, -0.25) is 4.40 Å². The van der Waals surface area contributed by atoms with Crippen LogP contribution in [-0.2, 0) is 16.0 Å². The summed E-state index contributed by atoms with van der Waals surface area (Å²) in [6.45, 7) is 5.27. The second-order valence-corrected chi connectivity index (χ2v) is 7.79. The van der Waals surface area contributed by atoms with Gasteiger partial charge in [-0.15, -0.1) is 0 Å². The van der Waals surface area contributed by atoms with E-state index in [1.54, 1.807) is 13.2 Å². The Morgan fingerprint density at radius 3 is 2.76 bits per heavy atom. The lowest BCUT2D eigenvalue weighted by Gasteiger charge is -2.28. The third-order valence-corrected chi connectivity index (χ3v) is 5.62. The van der Waals surface area contributed by atoms with Crippen molar-refractivity contribution in [3.05, 3.63) is 52.3 Å². The zero-order valence-electron chi connectivity index (χ0n) is 16.3. The van der Waals surface area contributed by atoms with E-state index in [0.29, 0.717) is 23.2 Å². The Hall–Kier alpha value is -1.83. The summed E-state index contributed by atoms with van der Waals surface area (Å²) in [5, 5.41) is 4.67. The van der Waals surface area contributed by atoms with Crippen LogP contribution in [0.3, 0.4) is 0 Å². The second kappa shape index (κ2) is 9.32. The SMILES string of the molecule is COCCNCc1cc2ncc(N3CCOCC3)n2cc1-c1ccc(Cl)cc1Cl. The minimum atomic E-state index is 0.622. The summed E-state index contributed by atoms with van der Waals surface area (Å²) in [6.07, 6.45) is 4.05. The average Bonchev–Trinajstić information content (AvgIpc) is 3.14. The van der Waals surface area contributed by atoms with Gasteiger partial charge in [-0.1, -0.05) is 29.3 Å². The maximum absolute atomic E-state index is 6.56. The number of methoxy groups -OCH3 is 1. The van der Waals surface area contributed by atoms with E-state index >= 15 is 0 Å². The van der Waals surface area contributed by atoms with Crippen LogP contribution >= 0.6 is 23.2 Å². The zero-order chi connectivity index (χ0) is 20.2. The first-order chi connectivity index (χ1) is 14.2. The number of ether oxygens (including phenoxy) is 2. The van der Waals surface area contributed by atoms with Gasteiger partial charge in [0.1, 0.15) is 11.5 Å². The van der Waals surface area contributed by atoms with E-state index in [0.717, 1.165) is 61.0 Å². The quantitative estimate of drug-likeness (QED) is 0.571. The number of hydrogen-bond donors (Lipinski definition) is 1. The summed E-state index contributed by atoms with van der Waals surface area (Å²) >= 11 is 12.7. The standard InChI is InChI=1S/C21H24Cl2N4O2/c1-28-7-4-24-12-15-10-20-25-13-21(26-5-8-29-9-6-26)27(20)14-18(15)17-3-2-16(22)11-19(17)23/h2-3,10-11,13-14,24H,4-9,12H2,1H3. The monoisotopic (exact) mass is 434 g/mol. The predicted molar refractivity (Wildman–Crippen MR) is 117 cm³/mol. The highest BCUT2D eigenvalue weighted by Gasteiger charge is 2.18. The first-order valence-electron chi connectivity index (χ1n) is 9.65. The highest BCUT2D eigenvalue weighted by atomic mass is 35.5. The molecule has 1 aromatic carbocycles. The first kappa shape index (κ1) is 20.4. The van der Waals surface area contributed by atoms with Crippen LogP contribution in [0.25, 0.3) is 16.8 Å². The van der Waals surface area contributed by atoms with E-state index < -0.39 is 0 Å². The molecule has 29 heavy (non-hydrogen) atoms. The molecule has 3 aromatic rings. The third kappa shape index (κ3) is 4.52. The van der Waals surface area contributed by atoms with E-state index in [-0.39, 0.29) is 0 Å². The number of rotatable bonds is 7. The van der Waals surface area contributed by atoms with Gasteiger partial charge in [0.2, 0.25) is 0 Å². The van der Waals surface area contributed by atoms with Crippen molar-refractivity contribution in [2.45, 2.75) is 6.54 Å². The van der Waals surface area contributed by atoms with Crippen LogP contribution in [0, 0.1) is 0 Å². The van der Waals surface area contributed by atoms with E-state index in [1.807, 2.05) is 18.3 Å². The number of fused-ring (bicyclic) bond motifs is 1. The Kier molecular flexibility index (Phi) is 6.57. The topological polar surface area (TPSA) is 51.0 Å². The van der Waals surface area contributed by atoms with Gasteiger partial charge in [0.05, 0.1) is 26.0 Å². The normalized spacial score (nSPS) is 14.7. The van der Waals surface area contributed by atoms with Crippen LogP contribution in [0.2, 0.25) is 10.0 Å². The van der Waals surface area contributed by atoms with Crippen molar-refractivity contribution in [2.24, 2.45) is 0 Å². The number of benzene rings is 1. The Labute approximate surface area is 180 Å². The maximum Gasteiger partial charge on any atom is 0.138 e. The van der Waals surface area contributed by atoms with Crippen LogP contribution in [0.15, 0.2) is 36.7 Å². The number of halogens is 2. The molecule has 4 rings (SSSR count). The predicted octanol–water partition coefficient (Wildman–Crippen LogP) is 3.88. The van der Waals surface area contributed by atoms with Crippen molar-refractivity contribution in [3.63, 3.8) is 0 Å². The van der Waals surface area contributed by atoms with Crippen molar-refractivity contribution < 1.29 is 9.47 Å². The number of imidazole rings is 1. The van der Waals surface area contributed by atoms with Gasteiger partial charge in [0.15, 0.2) is 0 Å². The highest BCUT2D eigenvalue weighted by Crippen LogP contribution is 2.34. The van der Waals surface area contributed by atoms with Crippen LogP contribution < -0.4 is 10.2 Å². The fourth-order valence-corrected chi connectivity index (χ4v) is 4.08. The molecule has 8 heteroatoms. The summed E-state index contributed by atoms with van der Waals surface area (Å²) in [5.74, 6) is 1.06. The van der Waals surface area contributed by atoms with Crippen LogP contribution in [0.1, 0.15) is 5.56 Å². The van der Waals surface area contributed by atoms with Gasteiger partial charge in [-0.05, 0) is 23.8 Å². The molecule has 0 amide bonds. The van der Waals surface area contributed by atoms with Crippen molar-refractivity contribution in [2.75, 3.05) is 51.5 Å². The van der Waals surface area contributed by atoms with E-state index in [4.69, 9.17) is 32.7 Å². The average molecular weight is 435 g/mol. The molecule has 0 aliphatic carbocycles. The van der Waals surface area contributed by atoms with Crippen molar-refractivity contribution in [3.8, 4) is 11.1 Å². The maximum atomic E-state index is 6.56. The smallest absolute Gasteiger partial charge is 0.138 e. The molecule has 0 bridgehead atoms. The molecule has 3 heterocycles. The van der Waals surface area contributed by atoms with Crippen molar-refractivity contribution in [1.29, 1.82) is 0 Å². The zero-order valence-corrected chi connectivity index (χ0v) is 17.8. The number of aromatic nitrogens is 2. The minimum absolute atomic E-state index is 0.622. The largest absolute Gasteiger partial charge is 0.383 e. The molecule has 0 saturated carbocycles. The molecule has 1 saturated heterocycles. The summed E-state index contributed by atoms with van der Waals surface area (Å²) in [7, 11) is 1.70. The lowest BCUT2D eigenvalue weighted by Crippen LogP contribution is -2.36. The molecule has 0 radical (unpaired) electrons. The fraction of sp³-hybridized carbons (Fsp3) is 0.381. The van der Waals surface area contributed by atoms with Crippen LogP contribution in [0.4, 0.5) is 5.82 Å². The number of morpholine rings is 1. The lowest BCUT2D eigenvalue weighted by molar-refractivity contribution is 0.122. The minimum Gasteiger partial charge on any atom is -0.383 e. The first-order valence-corrected chi connectivity index (χ1v) is 10.4. The van der Waals surface area contributed by atoms with E-state index in [2.05, 4.69) is 31.9 Å². The molecular weight excluding hydrogens is 411 g/mol. The molecule has 2 aromatic heterocycles. The number of hydrogen-bond acceptors (Lipinski definition) is 5. The van der Waals surface area contributed by atoms with Gasteiger partial charge >= 0.3 is 0 Å². The van der Waals surface area contributed by atoms with E-state index in [1.165, 1.54) is 0 Å². The van der Waals surface area contributed by atoms with Crippen LogP contribution in [0.5, 0.6) is 0 Å².